The lowest BCUT2D eigenvalue weighted by Crippen LogP contribution is -2.39. The van der Waals surface area contributed by atoms with Crippen molar-refractivity contribution in [3.05, 3.63) is 0 Å². The fourth-order valence-corrected chi connectivity index (χ4v) is 2.21. The summed E-state index contributed by atoms with van der Waals surface area (Å²) >= 11 is 0. The maximum Gasteiger partial charge on any atom is 0.00387 e. The highest BCUT2D eigenvalue weighted by atomic mass is 15.1. The molecular weight excluding hydrogens is 146 g/mol. The summed E-state index contributed by atoms with van der Waals surface area (Å²) in [5.74, 6) is 0.992. The predicted molar refractivity (Wildman–Crippen MR) is 54.3 cm³/mol. The molecule has 0 N–H and O–H groups in total. The molecule has 0 saturated carbocycles. The number of piperidine rings is 1. The van der Waals surface area contributed by atoms with Crippen LogP contribution in [0.2, 0.25) is 0 Å². The molecule has 0 bridgehead atoms. The first-order valence-corrected chi connectivity index (χ1v) is 5.48. The van der Waals surface area contributed by atoms with Crippen LogP contribution in [0, 0.1) is 5.92 Å². The Balaban J connectivity index is 2.30. The third kappa shape index (κ3) is 2.78. The molecule has 0 spiro atoms. The van der Waals surface area contributed by atoms with E-state index in [1.54, 1.807) is 0 Å². The van der Waals surface area contributed by atoms with Crippen molar-refractivity contribution in [2.24, 2.45) is 5.92 Å². The normalized spacial score (nSPS) is 26.5. The van der Waals surface area contributed by atoms with Crippen molar-refractivity contribution in [1.29, 1.82) is 0 Å². The second-order valence-corrected chi connectivity index (χ2v) is 4.39. The third-order valence-corrected chi connectivity index (χ3v) is 2.98. The van der Waals surface area contributed by atoms with Gasteiger partial charge in [-0.2, -0.15) is 0 Å². The van der Waals surface area contributed by atoms with Crippen LogP contribution in [-0.4, -0.2) is 24.0 Å². The first-order chi connectivity index (χ1) is 5.74. The van der Waals surface area contributed by atoms with E-state index in [2.05, 4.69) is 25.7 Å². The van der Waals surface area contributed by atoms with Gasteiger partial charge >= 0.3 is 0 Å². The van der Waals surface area contributed by atoms with Crippen LogP contribution in [0.1, 0.15) is 46.5 Å². The van der Waals surface area contributed by atoms with Crippen LogP contribution < -0.4 is 0 Å². The van der Waals surface area contributed by atoms with Crippen molar-refractivity contribution in [3.8, 4) is 0 Å². The number of likely N-dealkylation sites (tertiary alicyclic amines) is 1. The van der Waals surface area contributed by atoms with Crippen molar-refractivity contribution in [2.75, 3.05) is 13.1 Å². The van der Waals surface area contributed by atoms with E-state index in [0.717, 1.165) is 12.0 Å². The Morgan fingerprint density at radius 2 is 2.17 bits per heavy atom. The Morgan fingerprint density at radius 3 is 2.75 bits per heavy atom. The second kappa shape index (κ2) is 4.86. The van der Waals surface area contributed by atoms with Crippen LogP contribution in [0.15, 0.2) is 0 Å². The average molecular weight is 169 g/mol. The molecule has 1 aliphatic rings. The van der Waals surface area contributed by atoms with Crippen LogP contribution in [0.4, 0.5) is 0 Å². The monoisotopic (exact) mass is 169 g/mol. The number of hydrogen-bond acceptors (Lipinski definition) is 1. The maximum atomic E-state index is 2.63. The largest absolute Gasteiger partial charge is 0.301 e. The first-order valence-electron chi connectivity index (χ1n) is 5.48. The molecule has 0 aromatic carbocycles. The Kier molecular flexibility index (Phi) is 4.07. The Hall–Kier alpha value is -0.0400. The molecule has 1 heterocycles. The fraction of sp³-hybridized carbons (Fsp3) is 1.00. The van der Waals surface area contributed by atoms with Crippen LogP contribution in [0.25, 0.3) is 0 Å². The summed E-state index contributed by atoms with van der Waals surface area (Å²) in [4.78, 5) is 2.63. The summed E-state index contributed by atoms with van der Waals surface area (Å²) in [7, 11) is 0. The van der Waals surface area contributed by atoms with Crippen molar-refractivity contribution in [3.63, 3.8) is 0 Å². The van der Waals surface area contributed by atoms with E-state index in [0.29, 0.717) is 0 Å². The molecule has 0 aliphatic carbocycles. The third-order valence-electron chi connectivity index (χ3n) is 2.98. The molecule has 1 nitrogen and oxygen atoms in total. The van der Waals surface area contributed by atoms with E-state index in [4.69, 9.17) is 0 Å². The van der Waals surface area contributed by atoms with Gasteiger partial charge in [-0.1, -0.05) is 13.3 Å². The highest BCUT2D eigenvalue weighted by molar-refractivity contribution is 4.74. The minimum Gasteiger partial charge on any atom is -0.301 e. The molecule has 1 heteroatoms. The van der Waals surface area contributed by atoms with Crippen molar-refractivity contribution < 1.29 is 0 Å². The molecule has 1 aliphatic heterocycles. The molecule has 0 amide bonds. The highest BCUT2D eigenvalue weighted by Crippen LogP contribution is 2.21. The van der Waals surface area contributed by atoms with Crippen LogP contribution in [-0.2, 0) is 0 Å². The quantitative estimate of drug-likeness (QED) is 0.628. The minimum atomic E-state index is 0.754. The molecule has 0 radical (unpaired) electrons. The van der Waals surface area contributed by atoms with Gasteiger partial charge in [0.1, 0.15) is 0 Å². The zero-order valence-corrected chi connectivity index (χ0v) is 8.84. The lowest BCUT2D eigenvalue weighted by atomic mass is 9.93. The van der Waals surface area contributed by atoms with Gasteiger partial charge in [0, 0.05) is 12.6 Å². The summed E-state index contributed by atoms with van der Waals surface area (Å²) < 4.78 is 0. The van der Waals surface area contributed by atoms with Crippen LogP contribution >= 0.6 is 0 Å². The Labute approximate surface area is 77.1 Å². The molecule has 0 unspecified atom stereocenters. The molecule has 72 valence electrons. The summed E-state index contributed by atoms with van der Waals surface area (Å²) in [5.41, 5.74) is 0. The minimum absolute atomic E-state index is 0.754. The zero-order chi connectivity index (χ0) is 8.97. The van der Waals surface area contributed by atoms with Crippen molar-refractivity contribution in [2.45, 2.75) is 52.5 Å². The van der Waals surface area contributed by atoms with Crippen LogP contribution in [0.3, 0.4) is 0 Å². The van der Waals surface area contributed by atoms with Gasteiger partial charge in [0.15, 0.2) is 0 Å². The van der Waals surface area contributed by atoms with Gasteiger partial charge in [0.2, 0.25) is 0 Å². The van der Waals surface area contributed by atoms with E-state index in [9.17, 15) is 0 Å². The van der Waals surface area contributed by atoms with Crippen molar-refractivity contribution >= 4 is 0 Å². The summed E-state index contributed by atoms with van der Waals surface area (Å²) in [6.07, 6.45) is 5.68. The SMILES string of the molecule is CCC[C@H]1CCCN(C(C)C)C1. The predicted octanol–water partition coefficient (Wildman–Crippen LogP) is 2.91. The topological polar surface area (TPSA) is 3.24 Å². The van der Waals surface area contributed by atoms with Gasteiger partial charge in [-0.3, -0.25) is 0 Å². The fourth-order valence-electron chi connectivity index (χ4n) is 2.21. The van der Waals surface area contributed by atoms with Gasteiger partial charge in [0.25, 0.3) is 0 Å². The molecule has 1 fully saturated rings. The smallest absolute Gasteiger partial charge is 0.00387 e. The molecule has 1 saturated heterocycles. The molecule has 0 aromatic rings. The van der Waals surface area contributed by atoms with Gasteiger partial charge in [0.05, 0.1) is 0 Å². The molecule has 12 heavy (non-hydrogen) atoms. The standard InChI is InChI=1S/C11H23N/c1-4-6-11-7-5-8-12(9-11)10(2)3/h10-11H,4-9H2,1-3H3/t11-/m0/s1. The van der Waals surface area contributed by atoms with Gasteiger partial charge in [-0.05, 0) is 45.6 Å². The second-order valence-electron chi connectivity index (χ2n) is 4.39. The van der Waals surface area contributed by atoms with Gasteiger partial charge < -0.3 is 4.90 Å². The molecule has 1 atom stereocenters. The van der Waals surface area contributed by atoms with E-state index in [1.165, 1.54) is 38.8 Å². The van der Waals surface area contributed by atoms with Crippen molar-refractivity contribution in [1.82, 2.24) is 4.90 Å². The summed E-state index contributed by atoms with van der Waals surface area (Å²) in [5, 5.41) is 0. The Bertz CT molecular complexity index is 118. The molecule has 0 aromatic heterocycles. The number of nitrogens with zero attached hydrogens (tertiary/aromatic N) is 1. The van der Waals surface area contributed by atoms with E-state index in [1.807, 2.05) is 0 Å². The Morgan fingerprint density at radius 1 is 1.42 bits per heavy atom. The number of hydrogen-bond donors (Lipinski definition) is 0. The van der Waals surface area contributed by atoms with E-state index < -0.39 is 0 Å². The van der Waals surface area contributed by atoms with Gasteiger partial charge in [-0.15, -0.1) is 0 Å². The van der Waals surface area contributed by atoms with Crippen LogP contribution in [0.5, 0.6) is 0 Å². The summed E-state index contributed by atoms with van der Waals surface area (Å²) in [6, 6.07) is 0.754. The highest BCUT2D eigenvalue weighted by Gasteiger charge is 2.20. The lowest BCUT2D eigenvalue weighted by Gasteiger charge is -2.35. The van der Waals surface area contributed by atoms with Gasteiger partial charge in [-0.25, -0.2) is 0 Å². The molecule has 1 rings (SSSR count). The van der Waals surface area contributed by atoms with E-state index >= 15 is 0 Å². The molecular formula is C11H23N. The summed E-state index contributed by atoms with van der Waals surface area (Å²) in [6.45, 7) is 9.61. The van der Waals surface area contributed by atoms with E-state index in [-0.39, 0.29) is 0 Å². The average Bonchev–Trinajstić information content (AvgIpc) is 2.05. The number of rotatable bonds is 3. The zero-order valence-electron chi connectivity index (χ0n) is 8.84. The lowest BCUT2D eigenvalue weighted by molar-refractivity contribution is 0.135. The first kappa shape index (κ1) is 10.0. The maximum absolute atomic E-state index is 2.63.